The van der Waals surface area contributed by atoms with Crippen molar-refractivity contribution in [3.8, 4) is 0 Å². The zero-order valence-corrected chi connectivity index (χ0v) is 15.9. The molecule has 0 saturated carbocycles. The van der Waals surface area contributed by atoms with Crippen LogP contribution in [0.5, 0.6) is 0 Å². The molecule has 24 heavy (non-hydrogen) atoms. The number of hydrogen-bond donors (Lipinski definition) is 0. The van der Waals surface area contributed by atoms with Crippen molar-refractivity contribution in [2.75, 3.05) is 0 Å². The smallest absolute Gasteiger partial charge is 0.106 e. The van der Waals surface area contributed by atoms with E-state index in [2.05, 4.69) is 83.1 Å². The number of carbonyl (C=O) groups excluding carboxylic acids is 1. The number of hydrogen-bond acceptors (Lipinski definition) is 1. The lowest BCUT2D eigenvalue weighted by Crippen LogP contribution is -2.01. The van der Waals surface area contributed by atoms with Gasteiger partial charge in [-0.3, -0.25) is 0 Å². The molecule has 0 amide bonds. The standard InChI is InChI=1S/C12H11P.C6H7P.C2H4.CH2O/c1-3-7-11(8-4-1)13-12-9-5-2-6-10-12;7-6-4-2-1-3-5-6;2*1-2/h1-10,13H;1-5H,7H2;1-2H2;1H2. The lowest BCUT2D eigenvalue weighted by Gasteiger charge is -2.00. The Balaban J connectivity index is 0.000000408. The number of benzene rings is 3. The van der Waals surface area contributed by atoms with Gasteiger partial charge in [-0.05, 0) is 15.9 Å². The average Bonchev–Trinajstić information content (AvgIpc) is 2.68. The molecule has 0 saturated heterocycles. The molecule has 0 N–H and O–H groups in total. The predicted octanol–water partition coefficient (Wildman–Crippen LogP) is 4.12. The zero-order valence-electron chi connectivity index (χ0n) is 13.8. The lowest BCUT2D eigenvalue weighted by atomic mass is 10.4. The molecule has 3 aromatic carbocycles. The second kappa shape index (κ2) is 15.8. The summed E-state index contributed by atoms with van der Waals surface area (Å²) in [7, 11) is 3.41. The van der Waals surface area contributed by atoms with Gasteiger partial charge in [0.1, 0.15) is 6.79 Å². The van der Waals surface area contributed by atoms with Gasteiger partial charge in [0.15, 0.2) is 0 Å². The van der Waals surface area contributed by atoms with Gasteiger partial charge in [-0.25, -0.2) is 0 Å². The molecule has 3 rings (SSSR count). The minimum absolute atomic E-state index is 0.777. The first-order valence-electron chi connectivity index (χ1n) is 7.31. The van der Waals surface area contributed by atoms with Crippen LogP contribution in [0.2, 0.25) is 0 Å². The summed E-state index contributed by atoms with van der Waals surface area (Å²) in [6.07, 6.45) is 0. The molecule has 0 aromatic heterocycles. The van der Waals surface area contributed by atoms with Gasteiger partial charge in [-0.1, -0.05) is 99.6 Å². The van der Waals surface area contributed by atoms with Gasteiger partial charge < -0.3 is 4.79 Å². The van der Waals surface area contributed by atoms with E-state index in [4.69, 9.17) is 4.79 Å². The molecule has 0 bridgehead atoms. The minimum atomic E-state index is 0.777. The van der Waals surface area contributed by atoms with Gasteiger partial charge >= 0.3 is 0 Å². The van der Waals surface area contributed by atoms with Crippen molar-refractivity contribution < 1.29 is 4.79 Å². The third-order valence-corrected chi connectivity index (χ3v) is 4.26. The van der Waals surface area contributed by atoms with Crippen LogP contribution >= 0.6 is 17.8 Å². The van der Waals surface area contributed by atoms with E-state index in [-0.39, 0.29) is 0 Å². The van der Waals surface area contributed by atoms with E-state index < -0.39 is 0 Å². The van der Waals surface area contributed by atoms with E-state index in [1.165, 1.54) is 15.9 Å². The van der Waals surface area contributed by atoms with Crippen molar-refractivity contribution in [1.82, 2.24) is 0 Å². The van der Waals surface area contributed by atoms with Crippen molar-refractivity contribution in [3.05, 3.63) is 104 Å². The highest BCUT2D eigenvalue weighted by Gasteiger charge is 1.92. The van der Waals surface area contributed by atoms with Crippen LogP contribution in [0.25, 0.3) is 0 Å². The van der Waals surface area contributed by atoms with Crippen molar-refractivity contribution >= 4 is 40.5 Å². The van der Waals surface area contributed by atoms with Crippen molar-refractivity contribution in [2.24, 2.45) is 0 Å². The van der Waals surface area contributed by atoms with Crippen LogP contribution in [0.4, 0.5) is 0 Å². The number of rotatable bonds is 2. The topological polar surface area (TPSA) is 17.1 Å². The van der Waals surface area contributed by atoms with Crippen LogP contribution in [0.15, 0.2) is 104 Å². The lowest BCUT2D eigenvalue weighted by molar-refractivity contribution is -0.0979. The van der Waals surface area contributed by atoms with Crippen LogP contribution in [0.1, 0.15) is 0 Å². The fourth-order valence-corrected chi connectivity index (χ4v) is 2.94. The quantitative estimate of drug-likeness (QED) is 0.500. The van der Waals surface area contributed by atoms with E-state index >= 15 is 0 Å². The van der Waals surface area contributed by atoms with E-state index in [1.807, 2.05) is 37.1 Å². The SMILES string of the molecule is C=C.C=O.Pc1ccccc1.c1ccc(Pc2ccccc2)cc1. The largest absolute Gasteiger partial charge is 0.307 e. The Kier molecular flexibility index (Phi) is 14.4. The molecule has 0 aliphatic rings. The molecular formula is C21H24OP2. The molecule has 1 atom stereocenters. The average molecular weight is 354 g/mol. The maximum atomic E-state index is 8.00. The fraction of sp³-hybridized carbons (Fsp3) is 0. The summed E-state index contributed by atoms with van der Waals surface area (Å²) in [4.78, 5) is 8.00. The molecule has 0 aliphatic heterocycles. The van der Waals surface area contributed by atoms with Gasteiger partial charge in [0, 0.05) is 0 Å². The highest BCUT2D eigenvalue weighted by molar-refractivity contribution is 7.55. The van der Waals surface area contributed by atoms with E-state index in [0.29, 0.717) is 0 Å². The Morgan fingerprint density at radius 2 is 0.875 bits per heavy atom. The minimum Gasteiger partial charge on any atom is -0.307 e. The van der Waals surface area contributed by atoms with Crippen LogP contribution in [-0.2, 0) is 4.79 Å². The van der Waals surface area contributed by atoms with Gasteiger partial charge in [0.25, 0.3) is 0 Å². The Hall–Kier alpha value is -2.07. The molecule has 1 unspecified atom stereocenters. The van der Waals surface area contributed by atoms with Crippen LogP contribution in [0, 0.1) is 0 Å². The second-order valence-electron chi connectivity index (χ2n) is 4.27. The molecular weight excluding hydrogens is 330 g/mol. The fourth-order valence-electron chi connectivity index (χ4n) is 1.66. The van der Waals surface area contributed by atoms with Gasteiger partial charge in [0.2, 0.25) is 0 Å². The first kappa shape index (κ1) is 21.9. The summed E-state index contributed by atoms with van der Waals surface area (Å²) in [5.74, 6) is 0. The van der Waals surface area contributed by atoms with E-state index in [1.54, 1.807) is 0 Å². The van der Waals surface area contributed by atoms with Crippen LogP contribution in [0.3, 0.4) is 0 Å². The van der Waals surface area contributed by atoms with Crippen molar-refractivity contribution in [3.63, 3.8) is 0 Å². The van der Waals surface area contributed by atoms with Crippen molar-refractivity contribution in [2.45, 2.75) is 0 Å². The summed E-state index contributed by atoms with van der Waals surface area (Å²) in [5.41, 5.74) is 0. The Morgan fingerprint density at radius 1 is 0.583 bits per heavy atom. The maximum Gasteiger partial charge on any atom is 0.106 e. The molecule has 3 heteroatoms. The van der Waals surface area contributed by atoms with Crippen LogP contribution in [-0.4, -0.2) is 6.79 Å². The molecule has 1 nitrogen and oxygen atoms in total. The zero-order chi connectivity index (χ0) is 18.0. The highest BCUT2D eigenvalue weighted by Crippen LogP contribution is 2.08. The molecule has 0 spiro atoms. The second-order valence-corrected chi connectivity index (χ2v) is 6.34. The van der Waals surface area contributed by atoms with Gasteiger partial charge in [0.05, 0.1) is 0 Å². The summed E-state index contributed by atoms with van der Waals surface area (Å²) in [6.45, 7) is 8.00. The van der Waals surface area contributed by atoms with Crippen LogP contribution < -0.4 is 15.9 Å². The first-order valence-corrected chi connectivity index (χ1v) is 8.89. The van der Waals surface area contributed by atoms with Gasteiger partial charge in [-0.15, -0.1) is 22.4 Å². The van der Waals surface area contributed by atoms with E-state index in [9.17, 15) is 0 Å². The Labute approximate surface area is 149 Å². The molecule has 0 aliphatic carbocycles. The van der Waals surface area contributed by atoms with Crippen molar-refractivity contribution in [1.29, 1.82) is 0 Å². The molecule has 3 aromatic rings. The molecule has 0 fully saturated rings. The molecule has 124 valence electrons. The first-order chi connectivity index (χ1) is 11.8. The van der Waals surface area contributed by atoms with Gasteiger partial charge in [-0.2, -0.15) is 0 Å². The highest BCUT2D eigenvalue weighted by atomic mass is 31.1. The maximum absolute atomic E-state index is 8.00. The third kappa shape index (κ3) is 10.6. The summed E-state index contributed by atoms with van der Waals surface area (Å²) >= 11 is 0. The summed E-state index contributed by atoms with van der Waals surface area (Å²) in [6, 6.07) is 31.3. The third-order valence-electron chi connectivity index (χ3n) is 2.64. The monoisotopic (exact) mass is 354 g/mol. The Bertz CT molecular complexity index is 588. The predicted molar refractivity (Wildman–Crippen MR) is 115 cm³/mol. The summed E-state index contributed by atoms with van der Waals surface area (Å²) in [5, 5.41) is 4.03. The molecule has 0 heterocycles. The Morgan fingerprint density at radius 3 is 1.12 bits per heavy atom. The van der Waals surface area contributed by atoms with E-state index in [0.717, 1.165) is 8.58 Å². The number of carbonyl (C=O) groups is 1. The normalized spacial score (nSPS) is 8.21. The molecule has 0 radical (unpaired) electrons. The summed E-state index contributed by atoms with van der Waals surface area (Å²) < 4.78 is 0.